The number of halogens is 1. The van der Waals surface area contributed by atoms with Gasteiger partial charge in [-0.15, -0.1) is 0 Å². The second-order valence-electron chi connectivity index (χ2n) is 4.70. The van der Waals surface area contributed by atoms with Crippen LogP contribution in [-0.4, -0.2) is 12.5 Å². The number of hydrogen-bond acceptors (Lipinski definition) is 2. The molecule has 108 valence electrons. The zero-order chi connectivity index (χ0) is 15.2. The van der Waals surface area contributed by atoms with Crippen LogP contribution < -0.4 is 10.1 Å². The monoisotopic (exact) mass is 345 g/mol. The van der Waals surface area contributed by atoms with Gasteiger partial charge in [-0.3, -0.25) is 4.79 Å². The van der Waals surface area contributed by atoms with Gasteiger partial charge >= 0.3 is 0 Å². The Morgan fingerprint density at radius 1 is 1.19 bits per heavy atom. The molecule has 0 aliphatic heterocycles. The van der Waals surface area contributed by atoms with Gasteiger partial charge in [0.15, 0.2) is 0 Å². The molecule has 0 unspecified atom stereocenters. The first kappa shape index (κ1) is 15.3. The van der Waals surface area contributed by atoms with Crippen LogP contribution in [0.4, 0.5) is 5.69 Å². The Balaban J connectivity index is 2.14. The molecule has 0 bridgehead atoms. The molecule has 3 nitrogen and oxygen atoms in total. The van der Waals surface area contributed by atoms with Gasteiger partial charge in [-0.2, -0.15) is 0 Å². The van der Waals surface area contributed by atoms with Gasteiger partial charge < -0.3 is 10.1 Å². The highest BCUT2D eigenvalue weighted by atomic mass is 79.9. The summed E-state index contributed by atoms with van der Waals surface area (Å²) in [6.45, 7) is 6.06. The minimum Gasteiger partial charge on any atom is -0.488 e. The van der Waals surface area contributed by atoms with Gasteiger partial charge in [0.05, 0.1) is 5.56 Å². The summed E-state index contributed by atoms with van der Waals surface area (Å²) in [5.74, 6) is 0.352. The lowest BCUT2D eigenvalue weighted by Gasteiger charge is -2.11. The molecular formula is C17H16BrNO2. The van der Waals surface area contributed by atoms with E-state index in [0.717, 1.165) is 15.7 Å². The van der Waals surface area contributed by atoms with E-state index >= 15 is 0 Å². The maximum absolute atomic E-state index is 12.3. The van der Waals surface area contributed by atoms with E-state index in [-0.39, 0.29) is 5.91 Å². The Morgan fingerprint density at radius 3 is 2.52 bits per heavy atom. The summed E-state index contributed by atoms with van der Waals surface area (Å²) in [6.07, 6.45) is 0. The van der Waals surface area contributed by atoms with Crippen LogP contribution in [-0.2, 0) is 0 Å². The maximum Gasteiger partial charge on any atom is 0.259 e. The average molecular weight is 346 g/mol. The molecule has 0 aliphatic rings. The molecule has 0 radical (unpaired) electrons. The molecule has 4 heteroatoms. The van der Waals surface area contributed by atoms with E-state index in [1.165, 1.54) is 0 Å². The highest BCUT2D eigenvalue weighted by Gasteiger charge is 2.12. The summed E-state index contributed by atoms with van der Waals surface area (Å²) in [4.78, 5) is 12.3. The Morgan fingerprint density at radius 2 is 1.86 bits per heavy atom. The third-order valence-corrected chi connectivity index (χ3v) is 3.24. The molecule has 0 spiro atoms. The first-order valence-electron chi connectivity index (χ1n) is 6.49. The number of hydrogen-bond donors (Lipinski definition) is 1. The van der Waals surface area contributed by atoms with Gasteiger partial charge in [-0.25, -0.2) is 0 Å². The topological polar surface area (TPSA) is 38.3 Å². The maximum atomic E-state index is 12.3. The quantitative estimate of drug-likeness (QED) is 0.800. The van der Waals surface area contributed by atoms with Crippen molar-refractivity contribution in [3.8, 4) is 5.75 Å². The predicted octanol–water partition coefficient (Wildman–Crippen LogP) is 4.66. The Hall–Kier alpha value is -2.07. The minimum absolute atomic E-state index is 0.199. The highest BCUT2D eigenvalue weighted by molar-refractivity contribution is 9.10. The summed E-state index contributed by atoms with van der Waals surface area (Å²) in [6, 6.07) is 14.6. The fraction of sp³-hybridized carbons (Fsp3) is 0.118. The number of para-hydroxylation sites is 1. The van der Waals surface area contributed by atoms with Gasteiger partial charge in [-0.05, 0) is 48.9 Å². The first-order valence-corrected chi connectivity index (χ1v) is 7.28. The number of anilines is 1. The van der Waals surface area contributed by atoms with E-state index in [0.29, 0.717) is 17.9 Å². The lowest BCUT2D eigenvalue weighted by atomic mass is 10.2. The van der Waals surface area contributed by atoms with Crippen molar-refractivity contribution >= 4 is 27.5 Å². The fourth-order valence-corrected chi connectivity index (χ4v) is 1.98. The van der Waals surface area contributed by atoms with E-state index in [1.54, 1.807) is 12.1 Å². The summed E-state index contributed by atoms with van der Waals surface area (Å²) in [7, 11) is 0. The molecule has 0 aromatic heterocycles. The molecule has 0 saturated carbocycles. The Bertz CT molecular complexity index is 650. The SMILES string of the molecule is C=C(C)COc1ccccc1C(=O)Nc1ccc(Br)cc1. The van der Waals surface area contributed by atoms with E-state index in [9.17, 15) is 4.79 Å². The number of benzene rings is 2. The van der Waals surface area contributed by atoms with Crippen LogP contribution in [0.25, 0.3) is 0 Å². The molecule has 1 amide bonds. The van der Waals surface area contributed by atoms with Gasteiger partial charge in [0.25, 0.3) is 5.91 Å². The third-order valence-electron chi connectivity index (χ3n) is 2.71. The van der Waals surface area contributed by atoms with Crippen molar-refractivity contribution in [3.05, 3.63) is 70.7 Å². The van der Waals surface area contributed by atoms with Crippen LogP contribution in [0.5, 0.6) is 5.75 Å². The Labute approximate surface area is 132 Å². The lowest BCUT2D eigenvalue weighted by molar-refractivity contribution is 0.102. The molecule has 0 heterocycles. The lowest BCUT2D eigenvalue weighted by Crippen LogP contribution is -2.14. The molecule has 0 saturated heterocycles. The van der Waals surface area contributed by atoms with Crippen molar-refractivity contribution in [2.45, 2.75) is 6.92 Å². The number of ether oxygens (including phenoxy) is 1. The zero-order valence-corrected chi connectivity index (χ0v) is 13.3. The second-order valence-corrected chi connectivity index (χ2v) is 5.62. The van der Waals surface area contributed by atoms with Crippen molar-refractivity contribution in [1.29, 1.82) is 0 Å². The molecule has 2 aromatic carbocycles. The van der Waals surface area contributed by atoms with Crippen LogP contribution in [0.1, 0.15) is 17.3 Å². The van der Waals surface area contributed by atoms with Crippen molar-refractivity contribution < 1.29 is 9.53 Å². The van der Waals surface area contributed by atoms with Crippen LogP contribution in [0, 0.1) is 0 Å². The van der Waals surface area contributed by atoms with Gasteiger partial charge in [0, 0.05) is 10.2 Å². The molecule has 1 N–H and O–H groups in total. The van der Waals surface area contributed by atoms with Crippen LogP contribution in [0.2, 0.25) is 0 Å². The molecule has 2 rings (SSSR count). The van der Waals surface area contributed by atoms with Gasteiger partial charge in [0.1, 0.15) is 12.4 Å². The molecule has 0 aliphatic carbocycles. The largest absolute Gasteiger partial charge is 0.488 e. The van der Waals surface area contributed by atoms with Crippen molar-refractivity contribution in [1.82, 2.24) is 0 Å². The summed E-state index contributed by atoms with van der Waals surface area (Å²) in [5.41, 5.74) is 2.14. The predicted molar refractivity (Wildman–Crippen MR) is 88.8 cm³/mol. The molecule has 21 heavy (non-hydrogen) atoms. The van der Waals surface area contributed by atoms with E-state index in [1.807, 2.05) is 43.3 Å². The summed E-state index contributed by atoms with van der Waals surface area (Å²) >= 11 is 3.36. The van der Waals surface area contributed by atoms with Crippen LogP contribution >= 0.6 is 15.9 Å². The number of carbonyl (C=O) groups is 1. The van der Waals surface area contributed by atoms with Crippen LogP contribution in [0.3, 0.4) is 0 Å². The number of rotatable bonds is 5. The van der Waals surface area contributed by atoms with Gasteiger partial charge in [-0.1, -0.05) is 34.6 Å². The van der Waals surface area contributed by atoms with E-state index in [2.05, 4.69) is 27.8 Å². The van der Waals surface area contributed by atoms with Crippen LogP contribution in [0.15, 0.2) is 65.2 Å². The normalized spacial score (nSPS) is 10.0. The molecule has 0 atom stereocenters. The van der Waals surface area contributed by atoms with E-state index < -0.39 is 0 Å². The minimum atomic E-state index is -0.199. The van der Waals surface area contributed by atoms with Gasteiger partial charge in [0.2, 0.25) is 0 Å². The number of amides is 1. The standard InChI is InChI=1S/C17H16BrNO2/c1-12(2)11-21-16-6-4-3-5-15(16)17(20)19-14-9-7-13(18)8-10-14/h3-10H,1,11H2,2H3,(H,19,20). The molecule has 0 fully saturated rings. The summed E-state index contributed by atoms with van der Waals surface area (Å²) < 4.78 is 6.57. The van der Waals surface area contributed by atoms with Crippen molar-refractivity contribution in [3.63, 3.8) is 0 Å². The smallest absolute Gasteiger partial charge is 0.259 e. The van der Waals surface area contributed by atoms with Crippen molar-refractivity contribution in [2.24, 2.45) is 0 Å². The second kappa shape index (κ2) is 7.09. The third kappa shape index (κ3) is 4.46. The average Bonchev–Trinajstić information content (AvgIpc) is 2.47. The van der Waals surface area contributed by atoms with Crippen molar-refractivity contribution in [2.75, 3.05) is 11.9 Å². The zero-order valence-electron chi connectivity index (χ0n) is 11.7. The first-order chi connectivity index (χ1) is 10.1. The molecular weight excluding hydrogens is 330 g/mol. The number of nitrogens with one attached hydrogen (secondary N) is 1. The summed E-state index contributed by atoms with van der Waals surface area (Å²) in [5, 5.41) is 2.85. The highest BCUT2D eigenvalue weighted by Crippen LogP contribution is 2.21. The number of carbonyl (C=O) groups excluding carboxylic acids is 1. The fourth-order valence-electron chi connectivity index (χ4n) is 1.71. The molecule has 2 aromatic rings. The Kier molecular flexibility index (Phi) is 5.17. The van der Waals surface area contributed by atoms with E-state index in [4.69, 9.17) is 4.74 Å².